The quantitative estimate of drug-likeness (QED) is 0.422. The van der Waals surface area contributed by atoms with Gasteiger partial charge in [0, 0.05) is 55.2 Å². The van der Waals surface area contributed by atoms with Gasteiger partial charge in [0.15, 0.2) is 5.65 Å². The molecule has 4 aromatic rings. The summed E-state index contributed by atoms with van der Waals surface area (Å²) in [6, 6.07) is 14.4. The minimum atomic E-state index is -0.134. The lowest BCUT2D eigenvalue weighted by atomic mass is 10.0. The molecule has 2 aliphatic rings. The van der Waals surface area contributed by atoms with Gasteiger partial charge in [-0.1, -0.05) is 18.1 Å². The van der Waals surface area contributed by atoms with Crippen LogP contribution >= 0.6 is 0 Å². The fourth-order valence-electron chi connectivity index (χ4n) is 5.31. The van der Waals surface area contributed by atoms with E-state index >= 15 is 0 Å². The van der Waals surface area contributed by atoms with Crippen LogP contribution in [-0.4, -0.2) is 63.9 Å². The van der Waals surface area contributed by atoms with Crippen LogP contribution in [-0.2, 0) is 6.42 Å². The second kappa shape index (κ2) is 9.81. The normalized spacial score (nSPS) is 17.8. The van der Waals surface area contributed by atoms with Crippen LogP contribution < -0.4 is 5.32 Å². The van der Waals surface area contributed by atoms with Crippen molar-refractivity contribution in [1.82, 2.24) is 24.8 Å². The van der Waals surface area contributed by atoms with Crippen molar-refractivity contribution in [3.8, 4) is 11.8 Å². The number of anilines is 1. The Morgan fingerprint density at radius 2 is 1.95 bits per heavy atom. The molecule has 1 aliphatic carbocycles. The maximum atomic E-state index is 13.1. The molecule has 2 aromatic carbocycles. The summed E-state index contributed by atoms with van der Waals surface area (Å²) in [6.45, 7) is 6.47. The highest BCUT2D eigenvalue weighted by atomic mass is 16.1. The van der Waals surface area contributed by atoms with Crippen molar-refractivity contribution in [2.75, 3.05) is 38.5 Å². The summed E-state index contributed by atoms with van der Waals surface area (Å²) in [6.07, 6.45) is 5.66. The molecule has 2 aromatic heterocycles. The van der Waals surface area contributed by atoms with Crippen LogP contribution in [0.5, 0.6) is 0 Å². The highest BCUT2D eigenvalue weighted by Crippen LogP contribution is 2.37. The minimum Gasteiger partial charge on any atom is -0.345 e. The molecule has 1 aliphatic heterocycles. The van der Waals surface area contributed by atoms with Crippen LogP contribution in [0.3, 0.4) is 0 Å². The number of hydrogen-bond donors (Lipinski definition) is 2. The van der Waals surface area contributed by atoms with E-state index in [1.807, 2.05) is 37.3 Å². The van der Waals surface area contributed by atoms with Crippen LogP contribution in [0.2, 0.25) is 0 Å². The lowest BCUT2D eigenvalue weighted by molar-refractivity contribution is 0.102. The molecule has 3 heterocycles. The van der Waals surface area contributed by atoms with E-state index in [-0.39, 0.29) is 5.91 Å². The van der Waals surface area contributed by atoms with Crippen molar-refractivity contribution in [2.45, 2.75) is 25.8 Å². The van der Waals surface area contributed by atoms with Gasteiger partial charge in [-0.3, -0.25) is 9.69 Å². The topological polar surface area (TPSA) is 77.2 Å². The molecule has 1 unspecified atom stereocenters. The van der Waals surface area contributed by atoms with E-state index in [9.17, 15) is 4.79 Å². The number of amides is 1. The van der Waals surface area contributed by atoms with Crippen LogP contribution in [0.25, 0.3) is 11.2 Å². The molecule has 37 heavy (non-hydrogen) atoms. The van der Waals surface area contributed by atoms with Crippen molar-refractivity contribution in [2.24, 2.45) is 0 Å². The average molecular weight is 491 g/mol. The summed E-state index contributed by atoms with van der Waals surface area (Å²) in [5, 5.41) is 3.09. The number of nitrogens with one attached hydrogen (secondary N) is 2. The summed E-state index contributed by atoms with van der Waals surface area (Å²) in [7, 11) is 2.19. The number of aromatic nitrogens is 3. The Morgan fingerprint density at radius 1 is 1.08 bits per heavy atom. The number of carbonyl (C=O) groups is 1. The third-order valence-corrected chi connectivity index (χ3v) is 7.51. The van der Waals surface area contributed by atoms with Gasteiger partial charge >= 0.3 is 0 Å². The smallest absolute Gasteiger partial charge is 0.255 e. The molecule has 186 valence electrons. The molecule has 6 rings (SSSR count). The first-order chi connectivity index (χ1) is 18.0. The monoisotopic (exact) mass is 490 g/mol. The van der Waals surface area contributed by atoms with Crippen LogP contribution in [0.15, 0.2) is 54.9 Å². The van der Waals surface area contributed by atoms with E-state index in [0.29, 0.717) is 17.3 Å². The number of piperazine rings is 1. The Labute approximate surface area is 216 Å². The number of H-pyrrole nitrogens is 1. The number of likely N-dealkylation sites (N-methyl/N-ethyl adjacent to an activating group) is 1. The Hall–Kier alpha value is -3.99. The predicted octanol–water partition coefficient (Wildman–Crippen LogP) is 4.15. The first kappa shape index (κ1) is 23.4. The standard InChI is InChI=1S/C30H30N6O/c1-20-3-4-23(17-21(20)5-7-25-19-32-29-27(33-25)11-12-31-29)30(37)34-24-8-9-26-22(18-24)6-10-28(26)36-15-13-35(2)14-16-36/h3-4,8-9,11-12,17-19,28H,6,10,13-16H2,1-2H3,(H,31,32)(H,34,37). The van der Waals surface area contributed by atoms with E-state index in [1.54, 1.807) is 12.4 Å². The fourth-order valence-corrected chi connectivity index (χ4v) is 5.31. The van der Waals surface area contributed by atoms with Gasteiger partial charge < -0.3 is 15.2 Å². The highest BCUT2D eigenvalue weighted by Gasteiger charge is 2.29. The van der Waals surface area contributed by atoms with Gasteiger partial charge in [-0.2, -0.15) is 0 Å². The number of rotatable bonds is 3. The Kier molecular flexibility index (Phi) is 6.21. The summed E-state index contributed by atoms with van der Waals surface area (Å²) < 4.78 is 0. The lowest BCUT2D eigenvalue weighted by Crippen LogP contribution is -2.45. The number of carbonyl (C=O) groups excluding carboxylic acids is 1. The van der Waals surface area contributed by atoms with Gasteiger partial charge in [0.1, 0.15) is 11.2 Å². The van der Waals surface area contributed by atoms with Crippen molar-refractivity contribution in [1.29, 1.82) is 0 Å². The summed E-state index contributed by atoms with van der Waals surface area (Å²) >= 11 is 0. The SMILES string of the molecule is Cc1ccc(C(=O)Nc2ccc3c(c2)CCC3N2CCN(C)CC2)cc1C#Cc1cnc2[nH]ccc2n1. The summed E-state index contributed by atoms with van der Waals surface area (Å²) in [4.78, 5) is 30.0. The third kappa shape index (κ3) is 4.86. The fraction of sp³-hybridized carbons (Fsp3) is 0.300. The Balaban J connectivity index is 1.17. The number of aryl methyl sites for hydroxylation is 2. The van der Waals surface area contributed by atoms with Crippen LogP contribution in [0.4, 0.5) is 5.69 Å². The number of aromatic amines is 1. The molecule has 0 spiro atoms. The molecule has 7 nitrogen and oxygen atoms in total. The van der Waals surface area contributed by atoms with Crippen LogP contribution in [0, 0.1) is 18.8 Å². The molecule has 0 saturated carbocycles. The van der Waals surface area contributed by atoms with Gasteiger partial charge in [0.05, 0.1) is 6.20 Å². The van der Waals surface area contributed by atoms with E-state index in [4.69, 9.17) is 0 Å². The molecule has 0 bridgehead atoms. The summed E-state index contributed by atoms with van der Waals surface area (Å²) in [5.41, 5.74) is 8.09. The zero-order chi connectivity index (χ0) is 25.4. The largest absolute Gasteiger partial charge is 0.345 e. The second-order valence-corrected chi connectivity index (χ2v) is 10.0. The first-order valence-electron chi connectivity index (χ1n) is 12.8. The average Bonchev–Trinajstić information content (AvgIpc) is 3.55. The molecule has 0 radical (unpaired) electrons. The van der Waals surface area contributed by atoms with E-state index in [1.165, 1.54) is 11.1 Å². The maximum absolute atomic E-state index is 13.1. The minimum absolute atomic E-state index is 0.134. The molecule has 1 atom stereocenters. The summed E-state index contributed by atoms with van der Waals surface area (Å²) in [5.74, 6) is 6.12. The Morgan fingerprint density at radius 3 is 2.81 bits per heavy atom. The predicted molar refractivity (Wildman–Crippen MR) is 146 cm³/mol. The molecular formula is C30H30N6O. The van der Waals surface area contributed by atoms with Gasteiger partial charge in [0.2, 0.25) is 0 Å². The van der Waals surface area contributed by atoms with Crippen molar-refractivity contribution in [3.05, 3.63) is 88.4 Å². The zero-order valence-corrected chi connectivity index (χ0v) is 21.2. The first-order valence-corrected chi connectivity index (χ1v) is 12.8. The van der Waals surface area contributed by atoms with Gasteiger partial charge in [0.25, 0.3) is 5.91 Å². The Bertz CT molecular complexity index is 1540. The number of nitrogens with zero attached hydrogens (tertiary/aromatic N) is 4. The van der Waals surface area contributed by atoms with Crippen molar-refractivity contribution < 1.29 is 4.79 Å². The molecule has 7 heteroatoms. The van der Waals surface area contributed by atoms with Gasteiger partial charge in [-0.15, -0.1) is 0 Å². The van der Waals surface area contributed by atoms with E-state index in [2.05, 4.69) is 61.1 Å². The zero-order valence-electron chi connectivity index (χ0n) is 21.2. The number of fused-ring (bicyclic) bond motifs is 2. The van der Waals surface area contributed by atoms with E-state index < -0.39 is 0 Å². The van der Waals surface area contributed by atoms with Crippen molar-refractivity contribution in [3.63, 3.8) is 0 Å². The maximum Gasteiger partial charge on any atom is 0.255 e. The second-order valence-electron chi connectivity index (χ2n) is 10.0. The van der Waals surface area contributed by atoms with Gasteiger partial charge in [-0.05, 0) is 79.8 Å². The third-order valence-electron chi connectivity index (χ3n) is 7.51. The number of benzene rings is 2. The molecule has 1 saturated heterocycles. The molecule has 2 N–H and O–H groups in total. The van der Waals surface area contributed by atoms with E-state index in [0.717, 1.165) is 67.0 Å². The van der Waals surface area contributed by atoms with Crippen LogP contribution in [0.1, 0.15) is 50.8 Å². The molecule has 1 amide bonds. The van der Waals surface area contributed by atoms with Gasteiger partial charge in [-0.25, -0.2) is 9.97 Å². The highest BCUT2D eigenvalue weighted by molar-refractivity contribution is 6.04. The lowest BCUT2D eigenvalue weighted by Gasteiger charge is -2.36. The van der Waals surface area contributed by atoms with Crippen molar-refractivity contribution >= 4 is 22.8 Å². The molecular weight excluding hydrogens is 460 g/mol. The number of hydrogen-bond acceptors (Lipinski definition) is 5. The molecule has 1 fully saturated rings.